The minimum atomic E-state index is 1.12. The summed E-state index contributed by atoms with van der Waals surface area (Å²) in [6, 6.07) is 22.3. The average molecular weight is 284 g/mol. The van der Waals surface area contributed by atoms with Crippen molar-refractivity contribution in [1.29, 1.82) is 0 Å². The van der Waals surface area contributed by atoms with Gasteiger partial charge in [-0.1, -0.05) is 60.7 Å². The molecule has 0 aliphatic heterocycles. The average Bonchev–Trinajstić information content (AvgIpc) is 2.54. The molecule has 0 unspecified atom stereocenters. The summed E-state index contributed by atoms with van der Waals surface area (Å²) in [7, 11) is 0. The summed E-state index contributed by atoms with van der Waals surface area (Å²) in [4.78, 5) is 0. The summed E-state index contributed by atoms with van der Waals surface area (Å²) in [6.45, 7) is 4.54. The van der Waals surface area contributed by atoms with E-state index in [0.29, 0.717) is 0 Å². The second kappa shape index (κ2) is 5.14. The minimum Gasteiger partial charge on any atom is -0.0616 e. The van der Waals surface area contributed by atoms with E-state index in [-0.39, 0.29) is 0 Å². The van der Waals surface area contributed by atoms with Crippen LogP contribution < -0.4 is 0 Å². The Bertz CT molecular complexity index is 783. The first-order valence-corrected chi connectivity index (χ1v) is 8.02. The molecule has 1 aliphatic carbocycles. The van der Waals surface area contributed by atoms with Gasteiger partial charge in [-0.2, -0.15) is 0 Å². The fourth-order valence-electron chi connectivity index (χ4n) is 3.71. The topological polar surface area (TPSA) is 0 Å². The molecule has 0 saturated carbocycles. The van der Waals surface area contributed by atoms with Crippen molar-refractivity contribution in [3.8, 4) is 22.3 Å². The second-order valence-electron chi connectivity index (χ2n) is 6.22. The van der Waals surface area contributed by atoms with Crippen molar-refractivity contribution < 1.29 is 0 Å². The molecule has 0 fully saturated rings. The second-order valence-corrected chi connectivity index (χ2v) is 6.22. The van der Waals surface area contributed by atoms with Crippen LogP contribution >= 0.6 is 0 Å². The molecule has 4 rings (SSSR count). The predicted molar refractivity (Wildman–Crippen MR) is 94.2 cm³/mol. The summed E-state index contributed by atoms with van der Waals surface area (Å²) in [5.74, 6) is 0. The lowest BCUT2D eigenvalue weighted by molar-refractivity contribution is 0.939. The van der Waals surface area contributed by atoms with Crippen LogP contribution in [0.4, 0.5) is 0 Å². The van der Waals surface area contributed by atoms with E-state index >= 15 is 0 Å². The summed E-state index contributed by atoms with van der Waals surface area (Å²) < 4.78 is 0. The molecule has 0 radical (unpaired) electrons. The quantitative estimate of drug-likeness (QED) is 0.494. The Morgan fingerprint density at radius 1 is 0.500 bits per heavy atom. The number of fused-ring (bicyclic) bond motifs is 7. The van der Waals surface area contributed by atoms with Crippen molar-refractivity contribution in [2.45, 2.75) is 26.7 Å². The number of hydrogen-bond acceptors (Lipinski definition) is 0. The fraction of sp³-hybridized carbons (Fsp3) is 0.182. The predicted octanol–water partition coefficient (Wildman–Crippen LogP) is 5.74. The van der Waals surface area contributed by atoms with E-state index in [1.165, 1.54) is 44.5 Å². The molecule has 4 bridgehead atoms. The van der Waals surface area contributed by atoms with Crippen molar-refractivity contribution in [3.05, 3.63) is 82.9 Å². The summed E-state index contributed by atoms with van der Waals surface area (Å²) in [6.07, 6.45) is 2.23. The fourth-order valence-corrected chi connectivity index (χ4v) is 3.71. The van der Waals surface area contributed by atoms with Crippen LogP contribution in [0.25, 0.3) is 22.3 Å². The molecule has 0 atom stereocenters. The molecule has 0 amide bonds. The van der Waals surface area contributed by atoms with Crippen molar-refractivity contribution in [1.82, 2.24) is 0 Å². The first kappa shape index (κ1) is 13.3. The highest BCUT2D eigenvalue weighted by Crippen LogP contribution is 2.38. The van der Waals surface area contributed by atoms with Gasteiger partial charge < -0.3 is 0 Å². The molecule has 0 aromatic heterocycles. The Morgan fingerprint density at radius 3 is 1.36 bits per heavy atom. The van der Waals surface area contributed by atoms with Gasteiger partial charge in [0.25, 0.3) is 0 Å². The normalized spacial score (nSPS) is 12.6. The highest BCUT2D eigenvalue weighted by molar-refractivity contribution is 5.86. The number of aryl methyl sites for hydroxylation is 2. The van der Waals surface area contributed by atoms with Gasteiger partial charge in [0.2, 0.25) is 0 Å². The SMILES string of the molecule is Cc1c2cccc1-c1ccccc1-c1cccc(c1C)CC2. The molecular weight excluding hydrogens is 264 g/mol. The zero-order valence-corrected chi connectivity index (χ0v) is 13.2. The molecule has 3 aromatic rings. The van der Waals surface area contributed by atoms with E-state index in [2.05, 4.69) is 74.5 Å². The lowest BCUT2D eigenvalue weighted by atomic mass is 9.84. The molecule has 0 N–H and O–H groups in total. The van der Waals surface area contributed by atoms with Crippen LogP contribution in [0.15, 0.2) is 60.7 Å². The van der Waals surface area contributed by atoms with Crippen LogP contribution in [0.1, 0.15) is 22.3 Å². The number of benzene rings is 3. The van der Waals surface area contributed by atoms with Gasteiger partial charge in [-0.05, 0) is 71.2 Å². The Labute approximate surface area is 132 Å². The maximum absolute atomic E-state index is 2.28. The van der Waals surface area contributed by atoms with Crippen molar-refractivity contribution >= 4 is 0 Å². The maximum Gasteiger partial charge on any atom is -0.0103 e. The monoisotopic (exact) mass is 284 g/mol. The summed E-state index contributed by atoms with van der Waals surface area (Å²) in [5.41, 5.74) is 11.3. The Hall–Kier alpha value is -2.34. The van der Waals surface area contributed by atoms with E-state index in [0.717, 1.165) is 12.8 Å². The first-order chi connectivity index (χ1) is 10.8. The molecular formula is C22H20. The van der Waals surface area contributed by atoms with Gasteiger partial charge >= 0.3 is 0 Å². The Morgan fingerprint density at radius 2 is 0.909 bits per heavy atom. The Kier molecular flexibility index (Phi) is 3.11. The maximum atomic E-state index is 2.28. The zero-order chi connectivity index (χ0) is 15.1. The Balaban J connectivity index is 2.12. The van der Waals surface area contributed by atoms with E-state index in [1.54, 1.807) is 0 Å². The number of rotatable bonds is 0. The molecule has 0 spiro atoms. The van der Waals surface area contributed by atoms with Gasteiger partial charge in [0, 0.05) is 0 Å². The highest BCUT2D eigenvalue weighted by Gasteiger charge is 2.15. The van der Waals surface area contributed by atoms with Crippen LogP contribution in [-0.2, 0) is 12.8 Å². The van der Waals surface area contributed by atoms with Crippen LogP contribution in [0.3, 0.4) is 0 Å². The van der Waals surface area contributed by atoms with Gasteiger partial charge in [-0.25, -0.2) is 0 Å². The van der Waals surface area contributed by atoms with Crippen molar-refractivity contribution in [3.63, 3.8) is 0 Å². The van der Waals surface area contributed by atoms with Crippen molar-refractivity contribution in [2.75, 3.05) is 0 Å². The minimum absolute atomic E-state index is 1.12. The molecule has 3 aromatic carbocycles. The van der Waals surface area contributed by atoms with Gasteiger partial charge in [-0.15, -0.1) is 0 Å². The van der Waals surface area contributed by atoms with Crippen LogP contribution in [0.2, 0.25) is 0 Å². The molecule has 0 nitrogen and oxygen atoms in total. The first-order valence-electron chi connectivity index (χ1n) is 8.02. The molecule has 0 heteroatoms. The smallest absolute Gasteiger partial charge is 0.0103 e. The standard InChI is InChI=1S/C22H20/c1-15-17-7-5-11-19(15)21-9-3-4-10-22(21)20-12-6-8-18(14-13-17)16(20)2/h3-12H,13-14H2,1-2H3. The van der Waals surface area contributed by atoms with Crippen molar-refractivity contribution in [2.24, 2.45) is 0 Å². The zero-order valence-electron chi connectivity index (χ0n) is 13.2. The van der Waals surface area contributed by atoms with Gasteiger partial charge in [0.1, 0.15) is 0 Å². The third-order valence-electron chi connectivity index (χ3n) is 5.06. The van der Waals surface area contributed by atoms with Gasteiger partial charge in [0.05, 0.1) is 0 Å². The van der Waals surface area contributed by atoms with Gasteiger partial charge in [-0.3, -0.25) is 0 Å². The molecule has 22 heavy (non-hydrogen) atoms. The van der Waals surface area contributed by atoms with Crippen LogP contribution in [0, 0.1) is 13.8 Å². The summed E-state index contributed by atoms with van der Waals surface area (Å²) in [5, 5.41) is 0. The van der Waals surface area contributed by atoms with E-state index in [9.17, 15) is 0 Å². The molecule has 0 heterocycles. The third kappa shape index (κ3) is 1.99. The van der Waals surface area contributed by atoms with E-state index in [4.69, 9.17) is 0 Å². The molecule has 1 aliphatic rings. The highest BCUT2D eigenvalue weighted by atomic mass is 14.2. The lowest BCUT2D eigenvalue weighted by Gasteiger charge is -2.20. The van der Waals surface area contributed by atoms with E-state index < -0.39 is 0 Å². The number of hydrogen-bond donors (Lipinski definition) is 0. The molecule has 108 valence electrons. The van der Waals surface area contributed by atoms with Gasteiger partial charge in [0.15, 0.2) is 0 Å². The van der Waals surface area contributed by atoms with E-state index in [1.807, 2.05) is 0 Å². The third-order valence-corrected chi connectivity index (χ3v) is 5.06. The van der Waals surface area contributed by atoms with Crippen LogP contribution in [-0.4, -0.2) is 0 Å². The largest absolute Gasteiger partial charge is 0.0616 e. The molecule has 0 saturated heterocycles. The summed E-state index contributed by atoms with van der Waals surface area (Å²) >= 11 is 0. The lowest BCUT2D eigenvalue weighted by Crippen LogP contribution is -2.02. The van der Waals surface area contributed by atoms with Crippen LogP contribution in [0.5, 0.6) is 0 Å².